The molecule has 1 amide bonds. The van der Waals surface area contributed by atoms with Crippen molar-refractivity contribution in [3.8, 4) is 0 Å². The number of amides is 1. The first-order valence-corrected chi connectivity index (χ1v) is 5.94. The van der Waals surface area contributed by atoms with E-state index in [4.69, 9.17) is 4.74 Å². The van der Waals surface area contributed by atoms with Crippen LogP contribution in [0.25, 0.3) is 0 Å². The third-order valence-corrected chi connectivity index (χ3v) is 2.62. The average Bonchev–Trinajstić information content (AvgIpc) is 2.67. The van der Waals surface area contributed by atoms with Crippen LogP contribution in [-0.2, 0) is 19.1 Å². The fourth-order valence-corrected chi connectivity index (χ4v) is 1.78. The van der Waals surface area contributed by atoms with Gasteiger partial charge in [-0.3, -0.25) is 9.69 Å². The lowest BCUT2D eigenvalue weighted by Gasteiger charge is -2.28. The lowest BCUT2D eigenvalue weighted by molar-refractivity contribution is -0.136. The second-order valence-electron chi connectivity index (χ2n) is 5.38. The zero-order valence-corrected chi connectivity index (χ0v) is 11.7. The summed E-state index contributed by atoms with van der Waals surface area (Å²) in [5, 5.41) is 0. The zero-order chi connectivity index (χ0) is 14.8. The monoisotopic (exact) mass is 269 g/mol. The molecule has 6 nitrogen and oxygen atoms in total. The quantitative estimate of drug-likeness (QED) is 0.558. The van der Waals surface area contributed by atoms with Crippen LogP contribution in [0.3, 0.4) is 0 Å². The van der Waals surface area contributed by atoms with Crippen molar-refractivity contribution in [3.05, 3.63) is 12.2 Å². The molecule has 106 valence electrons. The molecule has 1 aliphatic rings. The van der Waals surface area contributed by atoms with E-state index in [0.29, 0.717) is 0 Å². The summed E-state index contributed by atoms with van der Waals surface area (Å²) in [5.41, 5.74) is -0.584. The Hall–Kier alpha value is -1.85. The number of rotatable bonds is 2. The van der Waals surface area contributed by atoms with Gasteiger partial charge in [-0.1, -0.05) is 6.58 Å². The van der Waals surface area contributed by atoms with Crippen LogP contribution >= 0.6 is 0 Å². The van der Waals surface area contributed by atoms with Gasteiger partial charge in [0.15, 0.2) is 5.78 Å². The van der Waals surface area contributed by atoms with E-state index in [2.05, 4.69) is 11.3 Å². The van der Waals surface area contributed by atoms with Crippen LogP contribution in [0.5, 0.6) is 0 Å². The van der Waals surface area contributed by atoms with Gasteiger partial charge in [0, 0.05) is 6.42 Å². The Bertz CT molecular complexity index is 421. The van der Waals surface area contributed by atoms with Crippen LogP contribution in [0.4, 0.5) is 4.79 Å². The van der Waals surface area contributed by atoms with Gasteiger partial charge in [-0.25, -0.2) is 9.59 Å². The summed E-state index contributed by atoms with van der Waals surface area (Å²) in [6, 6.07) is -0.685. The van der Waals surface area contributed by atoms with E-state index < -0.39 is 23.7 Å². The van der Waals surface area contributed by atoms with Crippen LogP contribution < -0.4 is 0 Å². The van der Waals surface area contributed by atoms with Gasteiger partial charge >= 0.3 is 12.1 Å². The number of carbonyl (C=O) groups is 3. The second-order valence-corrected chi connectivity index (χ2v) is 5.38. The average molecular weight is 269 g/mol. The van der Waals surface area contributed by atoms with Crippen LogP contribution in [-0.4, -0.2) is 48.0 Å². The van der Waals surface area contributed by atoms with E-state index >= 15 is 0 Å². The van der Waals surface area contributed by atoms with Crippen molar-refractivity contribution in [1.29, 1.82) is 0 Å². The van der Waals surface area contributed by atoms with Gasteiger partial charge in [-0.2, -0.15) is 0 Å². The predicted octanol–water partition coefficient (Wildman–Crippen LogP) is 1.29. The molecule has 19 heavy (non-hydrogen) atoms. The third kappa shape index (κ3) is 3.81. The molecule has 0 spiro atoms. The molecule has 1 fully saturated rings. The standard InChI is InChI=1S/C13H19NO5/c1-8(11(16)18-5)10-6-9(15)7-14(10)12(17)19-13(2,3)4/h10H,1,6-7H2,2-5H3/t10-/m0/s1. The van der Waals surface area contributed by atoms with Crippen molar-refractivity contribution in [2.24, 2.45) is 0 Å². The van der Waals surface area contributed by atoms with Gasteiger partial charge in [-0.15, -0.1) is 0 Å². The fraction of sp³-hybridized carbons (Fsp3) is 0.615. The Kier molecular flexibility index (Phi) is 4.34. The third-order valence-electron chi connectivity index (χ3n) is 2.62. The van der Waals surface area contributed by atoms with Crippen LogP contribution in [0.2, 0.25) is 0 Å². The largest absolute Gasteiger partial charge is 0.466 e. The van der Waals surface area contributed by atoms with E-state index in [1.54, 1.807) is 20.8 Å². The minimum absolute atomic E-state index is 0.0627. The first-order chi connectivity index (χ1) is 8.65. The minimum Gasteiger partial charge on any atom is -0.466 e. The number of esters is 1. The fourth-order valence-electron chi connectivity index (χ4n) is 1.78. The highest BCUT2D eigenvalue weighted by Crippen LogP contribution is 2.24. The normalized spacial score (nSPS) is 19.3. The second kappa shape index (κ2) is 5.42. The minimum atomic E-state index is -0.685. The molecule has 1 saturated heterocycles. The van der Waals surface area contributed by atoms with Gasteiger partial charge < -0.3 is 9.47 Å². The number of likely N-dealkylation sites (tertiary alicyclic amines) is 1. The predicted molar refractivity (Wildman–Crippen MR) is 67.5 cm³/mol. The van der Waals surface area contributed by atoms with Crippen molar-refractivity contribution >= 4 is 17.8 Å². The number of carbonyl (C=O) groups excluding carboxylic acids is 3. The van der Waals surface area contributed by atoms with Crippen LogP contribution in [0.1, 0.15) is 27.2 Å². The highest BCUT2D eigenvalue weighted by atomic mass is 16.6. The van der Waals surface area contributed by atoms with Crippen LogP contribution in [0.15, 0.2) is 12.2 Å². The molecular formula is C13H19NO5. The number of hydrogen-bond acceptors (Lipinski definition) is 5. The molecule has 0 aromatic heterocycles. The number of Topliss-reactive ketones (excluding diaryl/α,β-unsaturated/α-hetero) is 1. The molecule has 0 radical (unpaired) electrons. The first-order valence-electron chi connectivity index (χ1n) is 5.94. The number of hydrogen-bond donors (Lipinski definition) is 0. The zero-order valence-electron chi connectivity index (χ0n) is 11.7. The van der Waals surface area contributed by atoms with Gasteiger partial charge in [-0.05, 0) is 20.8 Å². The van der Waals surface area contributed by atoms with E-state index in [-0.39, 0.29) is 24.3 Å². The molecular weight excluding hydrogens is 250 g/mol. The molecule has 0 N–H and O–H groups in total. The maximum Gasteiger partial charge on any atom is 0.411 e. The summed E-state index contributed by atoms with van der Waals surface area (Å²) in [6.45, 7) is 8.71. The maximum absolute atomic E-state index is 12.0. The molecule has 1 aliphatic heterocycles. The van der Waals surface area contributed by atoms with Gasteiger partial charge in [0.1, 0.15) is 5.60 Å². The summed E-state index contributed by atoms with van der Waals surface area (Å²) < 4.78 is 9.77. The summed E-state index contributed by atoms with van der Waals surface area (Å²) in [7, 11) is 1.22. The smallest absolute Gasteiger partial charge is 0.411 e. The molecule has 0 aromatic rings. The Balaban J connectivity index is 2.86. The summed E-state index contributed by atoms with van der Waals surface area (Å²) in [5.74, 6) is -0.769. The number of ether oxygens (including phenoxy) is 2. The molecule has 6 heteroatoms. The van der Waals surface area contributed by atoms with Crippen molar-refractivity contribution in [1.82, 2.24) is 4.90 Å². The maximum atomic E-state index is 12.0. The van der Waals surface area contributed by atoms with Crippen molar-refractivity contribution in [3.63, 3.8) is 0 Å². The molecule has 0 aromatic carbocycles. The number of methoxy groups -OCH3 is 1. The van der Waals surface area contributed by atoms with E-state index in [1.807, 2.05) is 0 Å². The molecule has 1 heterocycles. The van der Waals surface area contributed by atoms with Gasteiger partial charge in [0.05, 0.1) is 25.3 Å². The first kappa shape index (κ1) is 15.2. The molecule has 1 atom stereocenters. The molecule has 0 aliphatic carbocycles. The molecule has 0 bridgehead atoms. The van der Waals surface area contributed by atoms with Crippen molar-refractivity contribution in [2.75, 3.05) is 13.7 Å². The Labute approximate surface area is 112 Å². The Morgan fingerprint density at radius 2 is 1.95 bits per heavy atom. The highest BCUT2D eigenvalue weighted by molar-refractivity contribution is 5.95. The van der Waals surface area contributed by atoms with E-state index in [9.17, 15) is 14.4 Å². The summed E-state index contributed by atoms with van der Waals surface area (Å²) in [6.07, 6.45) is -0.568. The SMILES string of the molecule is C=C(C(=O)OC)[C@@H]1CC(=O)CN1C(=O)OC(C)(C)C. The van der Waals surface area contributed by atoms with Crippen molar-refractivity contribution < 1.29 is 23.9 Å². The van der Waals surface area contributed by atoms with Gasteiger partial charge in [0.2, 0.25) is 0 Å². The molecule has 0 saturated carbocycles. The Morgan fingerprint density at radius 1 is 1.37 bits per heavy atom. The lowest BCUT2D eigenvalue weighted by Crippen LogP contribution is -2.41. The topological polar surface area (TPSA) is 72.9 Å². The van der Waals surface area contributed by atoms with Crippen LogP contribution in [0, 0.1) is 0 Å². The molecule has 1 rings (SSSR count). The number of nitrogens with zero attached hydrogens (tertiary/aromatic N) is 1. The number of ketones is 1. The summed E-state index contributed by atoms with van der Waals surface area (Å²) >= 11 is 0. The molecule has 0 unspecified atom stereocenters. The lowest BCUT2D eigenvalue weighted by atomic mass is 10.1. The van der Waals surface area contributed by atoms with Gasteiger partial charge in [0.25, 0.3) is 0 Å². The van der Waals surface area contributed by atoms with Crippen molar-refractivity contribution in [2.45, 2.75) is 38.8 Å². The summed E-state index contributed by atoms with van der Waals surface area (Å²) in [4.78, 5) is 36.2. The highest BCUT2D eigenvalue weighted by Gasteiger charge is 2.40. The Morgan fingerprint density at radius 3 is 2.42 bits per heavy atom. The van der Waals surface area contributed by atoms with E-state index in [1.165, 1.54) is 12.0 Å². The van der Waals surface area contributed by atoms with E-state index in [0.717, 1.165) is 0 Å².